The third-order valence-electron chi connectivity index (χ3n) is 5.01. The molecule has 0 amide bonds. The second kappa shape index (κ2) is 7.24. The molecule has 1 aliphatic rings. The molecule has 1 heterocycles. The van der Waals surface area contributed by atoms with E-state index in [0.29, 0.717) is 6.42 Å². The van der Waals surface area contributed by atoms with Crippen molar-refractivity contribution in [1.29, 1.82) is 0 Å². The van der Waals surface area contributed by atoms with Crippen LogP contribution in [0.3, 0.4) is 0 Å². The van der Waals surface area contributed by atoms with Crippen LogP contribution in [0.5, 0.6) is 0 Å². The predicted octanol–water partition coefficient (Wildman–Crippen LogP) is 4.84. The van der Waals surface area contributed by atoms with Crippen LogP contribution >= 0.6 is 0 Å². The highest BCUT2D eigenvalue weighted by atomic mass is 32.2. The van der Waals surface area contributed by atoms with E-state index in [1.807, 2.05) is 68.4 Å². The minimum atomic E-state index is -3.75. The van der Waals surface area contributed by atoms with E-state index in [4.69, 9.17) is 0 Å². The van der Waals surface area contributed by atoms with Gasteiger partial charge < -0.3 is 0 Å². The molecule has 0 saturated carbocycles. The standard InChI is InChI=1S/C23H22N2O2S/c1-17-8-12-19(13-9-17)22-16-23(20-14-10-18(2)11-15-20)25(24-22)28(26,27)21-6-4-3-5-7-21/h3-15,23H,16H2,1-2H3. The van der Waals surface area contributed by atoms with E-state index < -0.39 is 10.0 Å². The fraction of sp³-hybridized carbons (Fsp3) is 0.174. The Morgan fingerprint density at radius 2 is 1.39 bits per heavy atom. The molecule has 4 rings (SSSR count). The van der Waals surface area contributed by atoms with E-state index in [0.717, 1.165) is 28.0 Å². The van der Waals surface area contributed by atoms with E-state index in [1.165, 1.54) is 4.41 Å². The summed E-state index contributed by atoms with van der Waals surface area (Å²) in [6.07, 6.45) is 0.540. The summed E-state index contributed by atoms with van der Waals surface area (Å²) in [5.74, 6) is 0. The van der Waals surface area contributed by atoms with Crippen molar-refractivity contribution >= 4 is 15.7 Å². The van der Waals surface area contributed by atoms with Gasteiger partial charge in [-0.15, -0.1) is 0 Å². The molecule has 0 radical (unpaired) electrons. The molecule has 0 bridgehead atoms. The Hall–Kier alpha value is -2.92. The number of sulfonamides is 1. The van der Waals surface area contributed by atoms with E-state index in [-0.39, 0.29) is 10.9 Å². The zero-order chi connectivity index (χ0) is 19.7. The maximum Gasteiger partial charge on any atom is 0.279 e. The Kier molecular flexibility index (Phi) is 4.77. The van der Waals surface area contributed by atoms with E-state index >= 15 is 0 Å². The molecule has 5 heteroatoms. The lowest BCUT2D eigenvalue weighted by Crippen LogP contribution is -2.27. The molecule has 0 aliphatic carbocycles. The summed E-state index contributed by atoms with van der Waals surface area (Å²) in [6.45, 7) is 4.05. The van der Waals surface area contributed by atoms with Gasteiger partial charge in [0.2, 0.25) is 0 Å². The van der Waals surface area contributed by atoms with Crippen LogP contribution in [0, 0.1) is 13.8 Å². The average molecular weight is 391 g/mol. The first-order valence-electron chi connectivity index (χ1n) is 9.26. The number of hydrogen-bond acceptors (Lipinski definition) is 3. The van der Waals surface area contributed by atoms with Crippen molar-refractivity contribution in [1.82, 2.24) is 4.41 Å². The van der Waals surface area contributed by atoms with Gasteiger partial charge in [0.25, 0.3) is 10.0 Å². The summed E-state index contributed by atoms with van der Waals surface area (Å²) in [6, 6.07) is 24.2. The first kappa shape index (κ1) is 18.4. The Labute approximate surface area is 166 Å². The second-order valence-corrected chi connectivity index (χ2v) is 8.93. The van der Waals surface area contributed by atoms with Crippen LogP contribution in [0.2, 0.25) is 0 Å². The molecule has 0 spiro atoms. The second-order valence-electron chi connectivity index (χ2n) is 7.13. The molecule has 3 aromatic rings. The maximum atomic E-state index is 13.3. The largest absolute Gasteiger partial charge is 0.279 e. The molecule has 1 aliphatic heterocycles. The van der Waals surface area contributed by atoms with Crippen molar-refractivity contribution in [2.75, 3.05) is 0 Å². The highest BCUT2D eigenvalue weighted by Crippen LogP contribution is 2.37. The fourth-order valence-electron chi connectivity index (χ4n) is 3.37. The quantitative estimate of drug-likeness (QED) is 0.640. The van der Waals surface area contributed by atoms with Gasteiger partial charge in [0.05, 0.1) is 16.6 Å². The van der Waals surface area contributed by atoms with Crippen LogP contribution in [0.4, 0.5) is 0 Å². The lowest BCUT2D eigenvalue weighted by Gasteiger charge is -2.23. The first-order valence-corrected chi connectivity index (χ1v) is 10.7. The Morgan fingerprint density at radius 3 is 2.00 bits per heavy atom. The molecule has 0 N–H and O–H groups in total. The van der Waals surface area contributed by atoms with Crippen molar-refractivity contribution in [3.05, 3.63) is 101 Å². The summed E-state index contributed by atoms with van der Waals surface area (Å²) >= 11 is 0. The summed E-state index contributed by atoms with van der Waals surface area (Å²) in [5, 5.41) is 4.58. The highest BCUT2D eigenvalue weighted by Gasteiger charge is 2.37. The summed E-state index contributed by atoms with van der Waals surface area (Å²) in [7, 11) is -3.75. The number of benzene rings is 3. The fourth-order valence-corrected chi connectivity index (χ4v) is 4.82. The minimum absolute atomic E-state index is 0.251. The molecule has 1 unspecified atom stereocenters. The normalized spacial score (nSPS) is 16.9. The van der Waals surface area contributed by atoms with E-state index in [9.17, 15) is 8.42 Å². The molecule has 0 saturated heterocycles. The first-order chi connectivity index (χ1) is 13.4. The zero-order valence-electron chi connectivity index (χ0n) is 15.9. The molecule has 142 valence electrons. The van der Waals surface area contributed by atoms with Crippen molar-refractivity contribution in [2.24, 2.45) is 5.10 Å². The van der Waals surface area contributed by atoms with Gasteiger partial charge in [-0.3, -0.25) is 0 Å². The van der Waals surface area contributed by atoms with Crippen LogP contribution in [-0.2, 0) is 10.0 Å². The molecule has 4 nitrogen and oxygen atoms in total. The molecule has 0 aromatic heterocycles. The van der Waals surface area contributed by atoms with Crippen LogP contribution in [-0.4, -0.2) is 18.5 Å². The topological polar surface area (TPSA) is 49.7 Å². The maximum absolute atomic E-state index is 13.3. The lowest BCUT2D eigenvalue weighted by atomic mass is 9.98. The van der Waals surface area contributed by atoms with Gasteiger partial charge in [-0.2, -0.15) is 17.9 Å². The number of nitrogens with zero attached hydrogens (tertiary/aromatic N) is 2. The zero-order valence-corrected chi connectivity index (χ0v) is 16.7. The predicted molar refractivity (Wildman–Crippen MR) is 112 cm³/mol. The van der Waals surface area contributed by atoms with Crippen LogP contribution in [0.25, 0.3) is 0 Å². The summed E-state index contributed by atoms with van der Waals surface area (Å²) in [5.41, 5.74) is 4.97. The molecular formula is C23H22N2O2S. The van der Waals surface area contributed by atoms with Gasteiger partial charge in [0, 0.05) is 6.42 Å². The van der Waals surface area contributed by atoms with Crippen molar-refractivity contribution in [3.8, 4) is 0 Å². The third kappa shape index (κ3) is 3.45. The highest BCUT2D eigenvalue weighted by molar-refractivity contribution is 7.89. The number of rotatable bonds is 4. The third-order valence-corrected chi connectivity index (χ3v) is 6.70. The van der Waals surface area contributed by atoms with Gasteiger partial charge in [-0.25, -0.2) is 0 Å². The number of hydrazone groups is 1. The van der Waals surface area contributed by atoms with E-state index in [2.05, 4.69) is 5.10 Å². The Balaban J connectivity index is 1.79. The minimum Gasteiger partial charge on any atom is -0.200 e. The average Bonchev–Trinajstić information content (AvgIpc) is 3.16. The molecule has 3 aromatic carbocycles. The van der Waals surface area contributed by atoms with Gasteiger partial charge in [0.15, 0.2) is 0 Å². The van der Waals surface area contributed by atoms with Gasteiger partial charge in [-0.1, -0.05) is 77.9 Å². The van der Waals surface area contributed by atoms with Crippen molar-refractivity contribution < 1.29 is 8.42 Å². The van der Waals surface area contributed by atoms with Gasteiger partial charge >= 0.3 is 0 Å². The smallest absolute Gasteiger partial charge is 0.200 e. The van der Waals surface area contributed by atoms with E-state index in [1.54, 1.807) is 24.3 Å². The van der Waals surface area contributed by atoms with Gasteiger partial charge in [0.1, 0.15) is 0 Å². The Morgan fingerprint density at radius 1 is 0.821 bits per heavy atom. The van der Waals surface area contributed by atoms with Crippen LogP contribution < -0.4 is 0 Å². The van der Waals surface area contributed by atoms with Crippen molar-refractivity contribution in [2.45, 2.75) is 31.2 Å². The molecule has 28 heavy (non-hydrogen) atoms. The van der Waals surface area contributed by atoms with Crippen molar-refractivity contribution in [3.63, 3.8) is 0 Å². The molecular weight excluding hydrogens is 368 g/mol. The Bertz CT molecular complexity index is 1100. The van der Waals surface area contributed by atoms with Gasteiger partial charge in [-0.05, 0) is 37.1 Å². The summed E-state index contributed by atoms with van der Waals surface area (Å²) in [4.78, 5) is 0.251. The van der Waals surface area contributed by atoms with Crippen LogP contribution in [0.15, 0.2) is 88.9 Å². The molecule has 0 fully saturated rings. The SMILES string of the molecule is Cc1ccc(C2=NN(S(=O)(=O)c3ccccc3)C(c3ccc(C)cc3)C2)cc1. The molecule has 1 atom stereocenters. The number of hydrogen-bond donors (Lipinski definition) is 0. The number of aryl methyl sites for hydroxylation is 2. The summed E-state index contributed by atoms with van der Waals surface area (Å²) < 4.78 is 27.9. The monoisotopic (exact) mass is 390 g/mol. The van der Waals surface area contributed by atoms with Crippen LogP contribution in [0.1, 0.15) is 34.7 Å². The lowest BCUT2D eigenvalue weighted by molar-refractivity contribution is 0.371.